The van der Waals surface area contributed by atoms with Gasteiger partial charge in [-0.1, -0.05) is 0 Å². The molecule has 0 bridgehead atoms. The number of hydrogen-bond donors (Lipinski definition) is 3. The number of carbonyl (C=O) groups is 1. The van der Waals surface area contributed by atoms with Gasteiger partial charge in [0.15, 0.2) is 23.0 Å². The smallest absolute Gasteiger partial charge is 0.230 e. The van der Waals surface area contributed by atoms with Crippen molar-refractivity contribution in [3.8, 4) is 23.0 Å². The van der Waals surface area contributed by atoms with Gasteiger partial charge in [0.1, 0.15) is 0 Å². The summed E-state index contributed by atoms with van der Waals surface area (Å²) >= 11 is 2.94. The third kappa shape index (κ3) is 5.96. The molecule has 0 aromatic heterocycles. The number of ether oxygens (including phenoxy) is 2. The molecule has 0 radical (unpaired) electrons. The first-order valence-electron chi connectivity index (χ1n) is 7.79. The van der Waals surface area contributed by atoms with Gasteiger partial charge in [-0.2, -0.15) is 0 Å². The van der Waals surface area contributed by atoms with Gasteiger partial charge in [-0.3, -0.25) is 4.79 Å². The van der Waals surface area contributed by atoms with E-state index in [9.17, 15) is 15.0 Å². The minimum Gasteiger partial charge on any atom is -0.504 e. The Hall–Kier alpha value is -2.19. The number of nitrogens with one attached hydrogen (secondary N) is 1. The molecule has 2 aromatic rings. The van der Waals surface area contributed by atoms with Crippen LogP contribution in [0.3, 0.4) is 0 Å². The van der Waals surface area contributed by atoms with Crippen molar-refractivity contribution in [1.29, 1.82) is 0 Å². The number of aromatic hydroxyl groups is 2. The van der Waals surface area contributed by atoms with Gasteiger partial charge in [-0.15, -0.1) is 23.5 Å². The molecule has 0 aliphatic heterocycles. The number of carbonyl (C=O) groups excluding carboxylic acids is 1. The molecule has 6 nitrogen and oxygen atoms in total. The molecule has 2 aromatic carbocycles. The molecule has 0 heterocycles. The summed E-state index contributed by atoms with van der Waals surface area (Å²) in [6.45, 7) is 0.534. The topological polar surface area (TPSA) is 88.0 Å². The Bertz CT molecular complexity index is 754. The van der Waals surface area contributed by atoms with Crippen molar-refractivity contribution in [2.24, 2.45) is 0 Å². The van der Waals surface area contributed by atoms with E-state index in [1.165, 1.54) is 26.0 Å². The average Bonchev–Trinajstić information content (AvgIpc) is 2.65. The number of benzene rings is 2. The van der Waals surface area contributed by atoms with Crippen LogP contribution in [0, 0.1) is 0 Å². The third-order valence-electron chi connectivity index (χ3n) is 3.37. The third-order valence-corrected chi connectivity index (χ3v) is 5.35. The van der Waals surface area contributed by atoms with Crippen molar-refractivity contribution in [3.63, 3.8) is 0 Å². The number of rotatable bonds is 9. The number of phenolic OH excluding ortho intramolecular Hbond substituents is 2. The minimum atomic E-state index is -0.0640. The number of hydrogen-bond acceptors (Lipinski definition) is 7. The van der Waals surface area contributed by atoms with Crippen LogP contribution in [0.25, 0.3) is 0 Å². The molecule has 0 atom stereocenters. The lowest BCUT2D eigenvalue weighted by molar-refractivity contribution is -0.118. The van der Waals surface area contributed by atoms with E-state index in [0.717, 1.165) is 9.79 Å². The second kappa shape index (κ2) is 10.1. The van der Waals surface area contributed by atoms with Crippen LogP contribution in [0.4, 0.5) is 0 Å². The normalized spacial score (nSPS) is 10.4. The lowest BCUT2D eigenvalue weighted by Crippen LogP contribution is -2.27. The van der Waals surface area contributed by atoms with Crippen molar-refractivity contribution < 1.29 is 24.5 Å². The zero-order chi connectivity index (χ0) is 18.9. The summed E-state index contributed by atoms with van der Waals surface area (Å²) in [4.78, 5) is 13.7. The van der Waals surface area contributed by atoms with Gasteiger partial charge in [-0.25, -0.2) is 0 Å². The van der Waals surface area contributed by atoms with Crippen molar-refractivity contribution in [3.05, 3.63) is 36.4 Å². The van der Waals surface area contributed by atoms with Crippen LogP contribution in [-0.4, -0.2) is 48.4 Å². The van der Waals surface area contributed by atoms with Crippen LogP contribution in [-0.2, 0) is 4.79 Å². The highest BCUT2D eigenvalue weighted by Crippen LogP contribution is 2.31. The Kier molecular flexibility index (Phi) is 7.80. The molecule has 0 saturated heterocycles. The van der Waals surface area contributed by atoms with Crippen LogP contribution in [0.5, 0.6) is 23.0 Å². The maximum Gasteiger partial charge on any atom is 0.230 e. The zero-order valence-electron chi connectivity index (χ0n) is 14.5. The molecule has 0 aliphatic rings. The first kappa shape index (κ1) is 20.1. The number of phenols is 2. The largest absolute Gasteiger partial charge is 0.504 e. The molecule has 0 fully saturated rings. The van der Waals surface area contributed by atoms with E-state index in [-0.39, 0.29) is 23.2 Å². The van der Waals surface area contributed by atoms with Gasteiger partial charge in [0.25, 0.3) is 0 Å². The molecule has 8 heteroatoms. The molecule has 3 N–H and O–H groups in total. The molecule has 0 saturated carbocycles. The predicted molar refractivity (Wildman–Crippen MR) is 104 cm³/mol. The van der Waals surface area contributed by atoms with Crippen LogP contribution >= 0.6 is 23.5 Å². The van der Waals surface area contributed by atoms with Gasteiger partial charge in [-0.05, 0) is 36.4 Å². The summed E-state index contributed by atoms with van der Waals surface area (Å²) in [5.41, 5.74) is 0. The van der Waals surface area contributed by atoms with Crippen molar-refractivity contribution >= 4 is 29.4 Å². The maximum absolute atomic E-state index is 11.9. The summed E-state index contributed by atoms with van der Waals surface area (Å²) in [6.07, 6.45) is 0. The van der Waals surface area contributed by atoms with E-state index < -0.39 is 0 Å². The van der Waals surface area contributed by atoms with E-state index in [2.05, 4.69) is 5.32 Å². The Morgan fingerprint density at radius 2 is 1.50 bits per heavy atom. The number of methoxy groups -OCH3 is 2. The Labute approximate surface area is 160 Å². The van der Waals surface area contributed by atoms with Crippen LogP contribution in [0.2, 0.25) is 0 Å². The average molecular weight is 396 g/mol. The number of amides is 1. The SMILES string of the molecule is COc1cc(SCCNC(=O)CSc2ccc(O)c(OC)c2)ccc1O. The molecule has 140 valence electrons. The second-order valence-corrected chi connectivity index (χ2v) is 7.37. The Morgan fingerprint density at radius 3 is 2.04 bits per heavy atom. The van der Waals surface area contributed by atoms with E-state index in [1.807, 2.05) is 0 Å². The summed E-state index contributed by atoms with van der Waals surface area (Å²) in [7, 11) is 2.99. The maximum atomic E-state index is 11.9. The summed E-state index contributed by atoms with van der Waals surface area (Å²) in [5.74, 6) is 1.92. The summed E-state index contributed by atoms with van der Waals surface area (Å²) in [6, 6.07) is 10.1. The highest BCUT2D eigenvalue weighted by molar-refractivity contribution is 8.00. The highest BCUT2D eigenvalue weighted by atomic mass is 32.2. The molecule has 1 amide bonds. The molecular formula is C18H21NO5S2. The van der Waals surface area contributed by atoms with Crippen molar-refractivity contribution in [1.82, 2.24) is 5.32 Å². The lowest BCUT2D eigenvalue weighted by Gasteiger charge is -2.08. The predicted octanol–water partition coefficient (Wildman–Crippen LogP) is 3.12. The van der Waals surface area contributed by atoms with Gasteiger partial charge in [0.05, 0.1) is 20.0 Å². The summed E-state index contributed by atoms with van der Waals surface area (Å²) < 4.78 is 10.1. The fourth-order valence-electron chi connectivity index (χ4n) is 2.05. The standard InChI is InChI=1S/C18H21NO5S2/c1-23-16-9-12(3-5-14(16)20)25-8-7-19-18(22)11-26-13-4-6-15(21)17(10-13)24-2/h3-6,9-10,20-21H,7-8,11H2,1-2H3,(H,19,22). The summed E-state index contributed by atoms with van der Waals surface area (Å²) in [5, 5.41) is 22.0. The van der Waals surface area contributed by atoms with Crippen LogP contribution in [0.1, 0.15) is 0 Å². The molecule has 26 heavy (non-hydrogen) atoms. The fraction of sp³-hybridized carbons (Fsp3) is 0.278. The molecule has 2 rings (SSSR count). The lowest BCUT2D eigenvalue weighted by atomic mass is 10.3. The number of thioether (sulfide) groups is 2. The minimum absolute atomic E-state index is 0.0640. The first-order chi connectivity index (χ1) is 12.5. The molecule has 0 aliphatic carbocycles. The van der Waals surface area contributed by atoms with Crippen LogP contribution < -0.4 is 14.8 Å². The highest BCUT2D eigenvalue weighted by Gasteiger charge is 2.07. The first-order valence-corrected chi connectivity index (χ1v) is 9.77. The van der Waals surface area contributed by atoms with Crippen molar-refractivity contribution in [2.75, 3.05) is 32.3 Å². The fourth-order valence-corrected chi connectivity index (χ4v) is 3.60. The van der Waals surface area contributed by atoms with Gasteiger partial charge < -0.3 is 25.0 Å². The molecule has 0 spiro atoms. The van der Waals surface area contributed by atoms with Crippen LogP contribution in [0.15, 0.2) is 46.2 Å². The van der Waals surface area contributed by atoms with Gasteiger partial charge in [0.2, 0.25) is 5.91 Å². The van der Waals surface area contributed by atoms with E-state index in [4.69, 9.17) is 9.47 Å². The van der Waals surface area contributed by atoms with E-state index >= 15 is 0 Å². The van der Waals surface area contributed by atoms with Crippen molar-refractivity contribution in [2.45, 2.75) is 9.79 Å². The zero-order valence-corrected chi connectivity index (χ0v) is 16.2. The Balaban J connectivity index is 1.70. The van der Waals surface area contributed by atoms with Gasteiger partial charge >= 0.3 is 0 Å². The quantitative estimate of drug-likeness (QED) is 0.444. The second-order valence-electron chi connectivity index (χ2n) is 5.15. The molecular weight excluding hydrogens is 374 g/mol. The van der Waals surface area contributed by atoms with E-state index in [1.54, 1.807) is 48.2 Å². The van der Waals surface area contributed by atoms with E-state index in [0.29, 0.717) is 23.8 Å². The molecule has 0 unspecified atom stereocenters. The monoisotopic (exact) mass is 395 g/mol. The van der Waals surface area contributed by atoms with Gasteiger partial charge in [0, 0.05) is 22.1 Å². The Morgan fingerprint density at radius 1 is 0.962 bits per heavy atom.